The molecule has 0 aromatic carbocycles. The summed E-state index contributed by atoms with van der Waals surface area (Å²) in [6.45, 7) is 0.0478. The molecule has 110 valence electrons. The van der Waals surface area contributed by atoms with Gasteiger partial charge in [-0.25, -0.2) is 9.78 Å². The smallest absolute Gasteiger partial charge is 0.328 e. The standard InChI is InChI=1S/C13H14N4O4/c1-21-12-9(3-2-5-14-12)7-15-11(19)8-17-6-4-10(18)16-13(17)20/h2-6H,7-8H2,1H3,(H,15,19)(H,16,18,20). The minimum atomic E-state index is -0.628. The summed E-state index contributed by atoms with van der Waals surface area (Å²) >= 11 is 0. The summed E-state index contributed by atoms with van der Waals surface area (Å²) in [7, 11) is 1.49. The Labute approximate surface area is 119 Å². The maximum Gasteiger partial charge on any atom is 0.328 e. The molecule has 0 saturated heterocycles. The van der Waals surface area contributed by atoms with Crippen molar-refractivity contribution in [1.29, 1.82) is 0 Å². The second kappa shape index (κ2) is 6.51. The van der Waals surface area contributed by atoms with E-state index in [1.54, 1.807) is 18.3 Å². The van der Waals surface area contributed by atoms with E-state index in [0.717, 1.165) is 10.1 Å². The molecule has 0 aliphatic heterocycles. The summed E-state index contributed by atoms with van der Waals surface area (Å²) in [6, 6.07) is 4.69. The van der Waals surface area contributed by atoms with Crippen molar-refractivity contribution < 1.29 is 9.53 Å². The first-order valence-electron chi connectivity index (χ1n) is 6.14. The lowest BCUT2D eigenvalue weighted by atomic mass is 10.2. The van der Waals surface area contributed by atoms with E-state index >= 15 is 0 Å². The van der Waals surface area contributed by atoms with Crippen molar-refractivity contribution in [3.8, 4) is 5.88 Å². The first-order chi connectivity index (χ1) is 10.1. The van der Waals surface area contributed by atoms with Gasteiger partial charge in [0.1, 0.15) is 6.54 Å². The molecule has 0 aliphatic carbocycles. The van der Waals surface area contributed by atoms with Crippen LogP contribution in [0.15, 0.2) is 40.2 Å². The SMILES string of the molecule is COc1ncccc1CNC(=O)Cn1ccc(=O)[nH]c1=O. The maximum atomic E-state index is 11.8. The lowest BCUT2D eigenvalue weighted by Crippen LogP contribution is -2.35. The molecule has 0 bridgehead atoms. The van der Waals surface area contributed by atoms with E-state index in [4.69, 9.17) is 4.74 Å². The lowest BCUT2D eigenvalue weighted by molar-refractivity contribution is -0.121. The van der Waals surface area contributed by atoms with Crippen LogP contribution in [0.3, 0.4) is 0 Å². The monoisotopic (exact) mass is 290 g/mol. The molecule has 0 unspecified atom stereocenters. The highest BCUT2D eigenvalue weighted by molar-refractivity contribution is 5.75. The summed E-state index contributed by atoms with van der Waals surface area (Å²) in [5.41, 5.74) is -0.407. The number of methoxy groups -OCH3 is 1. The Bertz CT molecular complexity index is 750. The number of carbonyl (C=O) groups excluding carboxylic acids is 1. The van der Waals surface area contributed by atoms with Crippen LogP contribution in [-0.4, -0.2) is 27.6 Å². The molecule has 0 aliphatic rings. The van der Waals surface area contributed by atoms with Crippen LogP contribution in [0.2, 0.25) is 0 Å². The molecular weight excluding hydrogens is 276 g/mol. The molecule has 0 radical (unpaired) electrons. The molecule has 0 atom stereocenters. The van der Waals surface area contributed by atoms with E-state index in [2.05, 4.69) is 15.3 Å². The van der Waals surface area contributed by atoms with Crippen LogP contribution in [0, 0.1) is 0 Å². The van der Waals surface area contributed by atoms with Crippen molar-refractivity contribution in [2.75, 3.05) is 7.11 Å². The number of carbonyl (C=O) groups is 1. The summed E-state index contributed by atoms with van der Waals surface area (Å²) in [4.78, 5) is 40.3. The number of rotatable bonds is 5. The van der Waals surface area contributed by atoms with Gasteiger partial charge in [-0.05, 0) is 6.07 Å². The lowest BCUT2D eigenvalue weighted by Gasteiger charge is -2.09. The number of H-pyrrole nitrogens is 1. The number of ether oxygens (including phenoxy) is 1. The second-order valence-electron chi connectivity index (χ2n) is 4.19. The zero-order valence-corrected chi connectivity index (χ0v) is 11.3. The van der Waals surface area contributed by atoms with Crippen LogP contribution in [0.5, 0.6) is 5.88 Å². The van der Waals surface area contributed by atoms with E-state index in [0.29, 0.717) is 5.88 Å². The Morgan fingerprint density at radius 1 is 1.43 bits per heavy atom. The molecule has 8 heteroatoms. The molecule has 2 heterocycles. The Morgan fingerprint density at radius 3 is 2.95 bits per heavy atom. The van der Waals surface area contributed by atoms with Crippen molar-refractivity contribution in [2.45, 2.75) is 13.1 Å². The largest absolute Gasteiger partial charge is 0.481 e. The third-order valence-electron chi connectivity index (χ3n) is 2.73. The molecule has 21 heavy (non-hydrogen) atoms. The molecule has 2 rings (SSSR count). The molecule has 1 amide bonds. The van der Waals surface area contributed by atoms with Gasteiger partial charge in [0.25, 0.3) is 5.56 Å². The predicted molar refractivity (Wildman–Crippen MR) is 74.0 cm³/mol. The highest BCUT2D eigenvalue weighted by Crippen LogP contribution is 2.12. The molecular formula is C13H14N4O4. The summed E-state index contributed by atoms with van der Waals surface area (Å²) in [5.74, 6) is 0.0639. The summed E-state index contributed by atoms with van der Waals surface area (Å²) < 4.78 is 6.18. The van der Waals surface area contributed by atoms with Gasteiger partial charge >= 0.3 is 5.69 Å². The predicted octanol–water partition coefficient (Wildman–Crippen LogP) is -0.743. The fourth-order valence-corrected chi connectivity index (χ4v) is 1.72. The van der Waals surface area contributed by atoms with E-state index in [1.807, 2.05) is 0 Å². The van der Waals surface area contributed by atoms with Crippen LogP contribution in [0.25, 0.3) is 0 Å². The number of amides is 1. The van der Waals surface area contributed by atoms with Gasteiger partial charge in [-0.3, -0.25) is 19.1 Å². The van der Waals surface area contributed by atoms with Crippen LogP contribution in [0.1, 0.15) is 5.56 Å². The third-order valence-corrected chi connectivity index (χ3v) is 2.73. The topological polar surface area (TPSA) is 106 Å². The number of hydrogen-bond acceptors (Lipinski definition) is 5. The Balaban J connectivity index is 1.99. The minimum Gasteiger partial charge on any atom is -0.481 e. The summed E-state index contributed by atoms with van der Waals surface area (Å²) in [6.07, 6.45) is 2.86. The van der Waals surface area contributed by atoms with Crippen molar-refractivity contribution in [1.82, 2.24) is 19.9 Å². The van der Waals surface area contributed by atoms with Crippen LogP contribution >= 0.6 is 0 Å². The maximum absolute atomic E-state index is 11.8. The number of hydrogen-bond donors (Lipinski definition) is 2. The molecule has 0 fully saturated rings. The highest BCUT2D eigenvalue weighted by Gasteiger charge is 2.07. The van der Waals surface area contributed by atoms with Gasteiger partial charge in [0.05, 0.1) is 7.11 Å². The number of nitrogens with zero attached hydrogens (tertiary/aromatic N) is 2. The fourth-order valence-electron chi connectivity index (χ4n) is 1.72. The number of pyridine rings is 1. The normalized spacial score (nSPS) is 10.1. The van der Waals surface area contributed by atoms with Crippen molar-refractivity contribution in [2.24, 2.45) is 0 Å². The van der Waals surface area contributed by atoms with Gasteiger partial charge in [-0.1, -0.05) is 6.07 Å². The van der Waals surface area contributed by atoms with Gasteiger partial charge < -0.3 is 10.1 Å². The average Bonchev–Trinajstić information content (AvgIpc) is 2.48. The molecule has 2 N–H and O–H groups in total. The first-order valence-corrected chi connectivity index (χ1v) is 6.14. The number of aromatic amines is 1. The number of aromatic nitrogens is 3. The Morgan fingerprint density at radius 2 is 2.24 bits per heavy atom. The summed E-state index contributed by atoms with van der Waals surface area (Å²) in [5, 5.41) is 2.65. The van der Waals surface area contributed by atoms with Crippen molar-refractivity contribution in [3.63, 3.8) is 0 Å². The Hall–Kier alpha value is -2.90. The van der Waals surface area contributed by atoms with Gasteiger partial charge in [0.15, 0.2) is 0 Å². The first kappa shape index (κ1) is 14.5. The number of nitrogens with one attached hydrogen (secondary N) is 2. The van der Waals surface area contributed by atoms with Crippen molar-refractivity contribution >= 4 is 5.91 Å². The fraction of sp³-hybridized carbons (Fsp3) is 0.231. The zero-order valence-electron chi connectivity index (χ0n) is 11.3. The zero-order chi connectivity index (χ0) is 15.2. The van der Waals surface area contributed by atoms with Crippen LogP contribution < -0.4 is 21.3 Å². The van der Waals surface area contributed by atoms with Crippen molar-refractivity contribution in [3.05, 3.63) is 57.0 Å². The molecule has 0 spiro atoms. The molecule has 2 aromatic heterocycles. The van der Waals surface area contributed by atoms with E-state index in [9.17, 15) is 14.4 Å². The highest BCUT2D eigenvalue weighted by atomic mass is 16.5. The van der Waals surface area contributed by atoms with Gasteiger partial charge in [-0.15, -0.1) is 0 Å². The van der Waals surface area contributed by atoms with E-state index < -0.39 is 11.2 Å². The molecule has 0 saturated carbocycles. The molecule has 2 aromatic rings. The third kappa shape index (κ3) is 3.78. The van der Waals surface area contributed by atoms with Gasteiger partial charge in [0, 0.05) is 30.6 Å². The minimum absolute atomic E-state index is 0.182. The average molecular weight is 290 g/mol. The quantitative estimate of drug-likeness (QED) is 0.754. The van der Waals surface area contributed by atoms with Gasteiger partial charge in [0.2, 0.25) is 11.8 Å². The van der Waals surface area contributed by atoms with Crippen LogP contribution in [0.4, 0.5) is 0 Å². The van der Waals surface area contributed by atoms with E-state index in [-0.39, 0.29) is 19.0 Å². The van der Waals surface area contributed by atoms with Crippen LogP contribution in [-0.2, 0) is 17.9 Å². The Kier molecular flexibility index (Phi) is 4.50. The van der Waals surface area contributed by atoms with E-state index in [1.165, 1.54) is 19.4 Å². The molecule has 8 nitrogen and oxygen atoms in total. The second-order valence-corrected chi connectivity index (χ2v) is 4.19. The van der Waals surface area contributed by atoms with Gasteiger partial charge in [-0.2, -0.15) is 0 Å².